The summed E-state index contributed by atoms with van der Waals surface area (Å²) in [4.78, 5) is 0. The first-order valence-electron chi connectivity index (χ1n) is 9.79. The van der Waals surface area contributed by atoms with E-state index in [9.17, 15) is 10.2 Å². The van der Waals surface area contributed by atoms with Gasteiger partial charge in [0.25, 0.3) is 0 Å². The fraction of sp³-hybridized carbons (Fsp3) is 0.111. The lowest BCUT2D eigenvalue weighted by molar-refractivity contribution is 0.475. The van der Waals surface area contributed by atoms with E-state index in [-0.39, 0.29) is 11.5 Å². The van der Waals surface area contributed by atoms with Crippen LogP contribution in [0.1, 0.15) is 22.3 Å². The Morgan fingerprint density at radius 3 is 1.28 bits per heavy atom. The average Bonchev–Trinajstić information content (AvgIpc) is 2.70. The maximum Gasteiger partial charge on any atom is 0.115 e. The molecule has 0 aliphatic rings. The largest absolute Gasteiger partial charge is 0.508 e. The third-order valence-corrected chi connectivity index (χ3v) is 5.41. The molecule has 29 heavy (non-hydrogen) atoms. The molecule has 2 nitrogen and oxygen atoms in total. The van der Waals surface area contributed by atoms with Crippen molar-refractivity contribution in [3.8, 4) is 33.8 Å². The number of benzene rings is 4. The molecule has 0 fully saturated rings. The van der Waals surface area contributed by atoms with E-state index in [0.29, 0.717) is 0 Å². The molecule has 4 aromatic carbocycles. The SMILES string of the molecule is Cc1cccc(Cc2cccc(C)c2-c2ccc(O)cc2)c1-c1ccc(O)cc1. The Kier molecular flexibility index (Phi) is 5.09. The number of phenolic OH excluding ortho intramolecular Hbond substituents is 2. The predicted octanol–water partition coefficient (Wildman–Crippen LogP) is 6.64. The molecule has 0 saturated heterocycles. The summed E-state index contributed by atoms with van der Waals surface area (Å²) in [5.74, 6) is 0.550. The molecule has 2 N–H and O–H groups in total. The van der Waals surface area contributed by atoms with E-state index in [0.717, 1.165) is 17.5 Å². The molecule has 0 aliphatic heterocycles. The average molecular weight is 380 g/mol. The highest BCUT2D eigenvalue weighted by molar-refractivity contribution is 5.75. The number of hydrogen-bond acceptors (Lipinski definition) is 2. The van der Waals surface area contributed by atoms with Crippen LogP contribution < -0.4 is 0 Å². The van der Waals surface area contributed by atoms with Crippen LogP contribution in [0.25, 0.3) is 22.3 Å². The number of aryl methyl sites for hydroxylation is 2. The fourth-order valence-corrected chi connectivity index (χ4v) is 4.04. The zero-order valence-electron chi connectivity index (χ0n) is 16.7. The van der Waals surface area contributed by atoms with Gasteiger partial charge in [0.2, 0.25) is 0 Å². The van der Waals surface area contributed by atoms with Crippen LogP contribution in [0.15, 0.2) is 84.9 Å². The van der Waals surface area contributed by atoms with Gasteiger partial charge < -0.3 is 10.2 Å². The molecular weight excluding hydrogens is 356 g/mol. The summed E-state index contributed by atoms with van der Waals surface area (Å²) in [7, 11) is 0. The number of aromatic hydroxyl groups is 2. The van der Waals surface area contributed by atoms with Crippen LogP contribution in [-0.2, 0) is 6.42 Å². The molecule has 0 spiro atoms. The van der Waals surface area contributed by atoms with E-state index >= 15 is 0 Å². The second kappa shape index (κ2) is 7.84. The van der Waals surface area contributed by atoms with Gasteiger partial charge in [-0.25, -0.2) is 0 Å². The van der Waals surface area contributed by atoms with Crippen LogP contribution in [0.2, 0.25) is 0 Å². The van der Waals surface area contributed by atoms with E-state index in [1.165, 1.54) is 33.4 Å². The molecular formula is C27H24O2. The van der Waals surface area contributed by atoms with Crippen molar-refractivity contribution in [3.05, 3.63) is 107 Å². The second-order valence-electron chi connectivity index (χ2n) is 7.49. The number of rotatable bonds is 4. The Labute approximate surface area is 171 Å². The molecule has 0 aromatic heterocycles. The summed E-state index contributed by atoms with van der Waals surface area (Å²) >= 11 is 0. The maximum atomic E-state index is 9.67. The lowest BCUT2D eigenvalue weighted by Crippen LogP contribution is -1.98. The Morgan fingerprint density at radius 1 is 0.517 bits per heavy atom. The molecule has 4 rings (SSSR count). The van der Waals surface area contributed by atoms with Gasteiger partial charge in [-0.3, -0.25) is 0 Å². The summed E-state index contributed by atoms with van der Waals surface area (Å²) in [6, 6.07) is 27.6. The zero-order valence-corrected chi connectivity index (χ0v) is 16.7. The van der Waals surface area contributed by atoms with E-state index in [2.05, 4.69) is 50.2 Å². The lowest BCUT2D eigenvalue weighted by Gasteiger charge is -2.17. The van der Waals surface area contributed by atoms with Gasteiger partial charge in [0.05, 0.1) is 0 Å². The summed E-state index contributed by atoms with van der Waals surface area (Å²) in [6.45, 7) is 4.26. The van der Waals surface area contributed by atoms with Crippen LogP contribution in [0.5, 0.6) is 11.5 Å². The number of hydrogen-bond donors (Lipinski definition) is 2. The molecule has 144 valence electrons. The van der Waals surface area contributed by atoms with Crippen molar-refractivity contribution in [1.82, 2.24) is 0 Å². The minimum absolute atomic E-state index is 0.275. The van der Waals surface area contributed by atoms with Crippen molar-refractivity contribution >= 4 is 0 Å². The van der Waals surface area contributed by atoms with Gasteiger partial charge in [0.15, 0.2) is 0 Å². The predicted molar refractivity (Wildman–Crippen MR) is 119 cm³/mol. The fourth-order valence-electron chi connectivity index (χ4n) is 4.04. The molecule has 2 heteroatoms. The van der Waals surface area contributed by atoms with E-state index in [1.807, 2.05) is 24.3 Å². The van der Waals surface area contributed by atoms with Gasteiger partial charge in [-0.2, -0.15) is 0 Å². The molecule has 0 amide bonds. The Hall–Kier alpha value is -3.52. The van der Waals surface area contributed by atoms with Gasteiger partial charge >= 0.3 is 0 Å². The Bertz CT molecular complexity index is 1050. The van der Waals surface area contributed by atoms with Gasteiger partial charge in [-0.15, -0.1) is 0 Å². The van der Waals surface area contributed by atoms with Crippen molar-refractivity contribution < 1.29 is 10.2 Å². The van der Waals surface area contributed by atoms with Crippen LogP contribution >= 0.6 is 0 Å². The zero-order chi connectivity index (χ0) is 20.4. The van der Waals surface area contributed by atoms with Crippen LogP contribution in [0, 0.1) is 13.8 Å². The molecule has 0 saturated carbocycles. The van der Waals surface area contributed by atoms with Gasteiger partial charge in [0, 0.05) is 0 Å². The quantitative estimate of drug-likeness (QED) is 0.417. The van der Waals surface area contributed by atoms with Gasteiger partial charge in [-0.05, 0) is 89.0 Å². The second-order valence-corrected chi connectivity index (χ2v) is 7.49. The first-order valence-corrected chi connectivity index (χ1v) is 9.79. The maximum absolute atomic E-state index is 9.67. The van der Waals surface area contributed by atoms with E-state index in [4.69, 9.17) is 0 Å². The van der Waals surface area contributed by atoms with Crippen molar-refractivity contribution in [1.29, 1.82) is 0 Å². The summed E-state index contributed by atoms with van der Waals surface area (Å²) in [6.07, 6.45) is 0.801. The van der Waals surface area contributed by atoms with Crippen molar-refractivity contribution in [3.63, 3.8) is 0 Å². The van der Waals surface area contributed by atoms with Crippen LogP contribution in [0.4, 0.5) is 0 Å². The first kappa shape index (κ1) is 18.8. The smallest absolute Gasteiger partial charge is 0.115 e. The monoisotopic (exact) mass is 380 g/mol. The summed E-state index contributed by atoms with van der Waals surface area (Å²) in [5.41, 5.74) is 9.57. The van der Waals surface area contributed by atoms with Gasteiger partial charge in [0.1, 0.15) is 11.5 Å². The minimum atomic E-state index is 0.275. The highest BCUT2D eigenvalue weighted by Gasteiger charge is 2.13. The van der Waals surface area contributed by atoms with E-state index < -0.39 is 0 Å². The summed E-state index contributed by atoms with van der Waals surface area (Å²) < 4.78 is 0. The Morgan fingerprint density at radius 2 is 0.897 bits per heavy atom. The molecule has 0 atom stereocenters. The highest BCUT2D eigenvalue weighted by atomic mass is 16.3. The van der Waals surface area contributed by atoms with Crippen molar-refractivity contribution in [2.75, 3.05) is 0 Å². The van der Waals surface area contributed by atoms with Crippen LogP contribution in [0.3, 0.4) is 0 Å². The Balaban J connectivity index is 1.82. The van der Waals surface area contributed by atoms with Gasteiger partial charge in [-0.1, -0.05) is 60.7 Å². The lowest BCUT2D eigenvalue weighted by atomic mass is 9.87. The molecule has 0 radical (unpaired) electrons. The van der Waals surface area contributed by atoms with E-state index in [1.54, 1.807) is 24.3 Å². The topological polar surface area (TPSA) is 40.5 Å². The summed E-state index contributed by atoms with van der Waals surface area (Å²) in [5, 5.41) is 19.3. The molecule has 0 heterocycles. The molecule has 0 aliphatic carbocycles. The normalized spacial score (nSPS) is 10.8. The number of phenols is 2. The molecule has 0 bridgehead atoms. The first-order chi connectivity index (χ1) is 14.0. The third-order valence-electron chi connectivity index (χ3n) is 5.41. The standard InChI is InChI=1S/C27H24O2/c1-18-5-3-7-22(26(18)20-9-13-24(28)14-10-20)17-23-8-4-6-19(2)27(23)21-11-15-25(29)16-12-21/h3-16,28-29H,17H2,1-2H3. The van der Waals surface area contributed by atoms with Crippen molar-refractivity contribution in [2.24, 2.45) is 0 Å². The van der Waals surface area contributed by atoms with Crippen molar-refractivity contribution in [2.45, 2.75) is 20.3 Å². The van der Waals surface area contributed by atoms with Crippen LogP contribution in [-0.4, -0.2) is 10.2 Å². The highest BCUT2D eigenvalue weighted by Crippen LogP contribution is 2.34. The molecule has 0 unspecified atom stereocenters. The minimum Gasteiger partial charge on any atom is -0.508 e. The molecule has 4 aromatic rings. The third kappa shape index (κ3) is 3.88.